The smallest absolute Gasteiger partial charge is 0.416 e. The molecular weight excluding hydrogens is 473 g/mol. The van der Waals surface area contributed by atoms with Gasteiger partial charge in [0.25, 0.3) is 0 Å². The number of carboxylic acids is 1. The number of hydrogen-bond donors (Lipinski definition) is 1. The van der Waals surface area contributed by atoms with Crippen molar-refractivity contribution in [2.24, 2.45) is 5.92 Å². The maximum atomic E-state index is 14.9. The first-order chi connectivity index (χ1) is 16.6. The van der Waals surface area contributed by atoms with Crippen LogP contribution in [0.2, 0.25) is 0 Å². The van der Waals surface area contributed by atoms with Crippen LogP contribution in [-0.4, -0.2) is 34.1 Å². The van der Waals surface area contributed by atoms with Crippen molar-refractivity contribution in [3.63, 3.8) is 0 Å². The van der Waals surface area contributed by atoms with Gasteiger partial charge in [-0.1, -0.05) is 6.07 Å². The lowest BCUT2D eigenvalue weighted by Crippen LogP contribution is -2.35. The Hall–Kier alpha value is -3.76. The van der Waals surface area contributed by atoms with E-state index in [1.54, 1.807) is 4.90 Å². The number of benzene rings is 2. The predicted octanol–water partition coefficient (Wildman–Crippen LogP) is 5.92. The Labute approximate surface area is 197 Å². The normalized spacial score (nSPS) is 14.7. The highest BCUT2D eigenvalue weighted by Gasteiger charge is 2.31. The van der Waals surface area contributed by atoms with Gasteiger partial charge in [-0.3, -0.25) is 4.79 Å². The van der Waals surface area contributed by atoms with Crippen molar-refractivity contribution in [1.82, 2.24) is 9.97 Å². The number of halogens is 5. The fourth-order valence-electron chi connectivity index (χ4n) is 4.00. The maximum Gasteiger partial charge on any atom is 0.416 e. The largest absolute Gasteiger partial charge is 0.481 e. The number of hydrogen-bond acceptors (Lipinski definition) is 5. The summed E-state index contributed by atoms with van der Waals surface area (Å²) in [5.41, 5.74) is -1.08. The van der Waals surface area contributed by atoms with Crippen molar-refractivity contribution in [3.8, 4) is 23.0 Å². The lowest BCUT2D eigenvalue weighted by atomic mass is 9.93. The summed E-state index contributed by atoms with van der Waals surface area (Å²) in [5, 5.41) is 8.92. The molecule has 2 heterocycles. The topological polar surface area (TPSA) is 75.5 Å². The van der Waals surface area contributed by atoms with Crippen LogP contribution in [0.4, 0.5) is 27.6 Å². The molecule has 11 heteroatoms. The van der Waals surface area contributed by atoms with E-state index in [0.29, 0.717) is 25.9 Å². The van der Waals surface area contributed by atoms with E-state index < -0.39 is 29.3 Å². The fourth-order valence-corrected chi connectivity index (χ4v) is 4.00. The van der Waals surface area contributed by atoms with Crippen LogP contribution in [0.3, 0.4) is 0 Å². The van der Waals surface area contributed by atoms with Gasteiger partial charge in [-0.05, 0) is 49.1 Å². The molecule has 0 amide bonds. The Morgan fingerprint density at radius 1 is 1.09 bits per heavy atom. The van der Waals surface area contributed by atoms with Gasteiger partial charge >= 0.3 is 12.1 Å². The molecule has 4 rings (SSSR count). The zero-order valence-corrected chi connectivity index (χ0v) is 18.2. The van der Waals surface area contributed by atoms with Crippen molar-refractivity contribution < 1.29 is 36.6 Å². The Morgan fingerprint density at radius 2 is 1.77 bits per heavy atom. The first kappa shape index (κ1) is 24.4. The van der Waals surface area contributed by atoms with Crippen molar-refractivity contribution in [1.29, 1.82) is 0 Å². The summed E-state index contributed by atoms with van der Waals surface area (Å²) in [5.74, 6) is -2.87. The summed E-state index contributed by atoms with van der Waals surface area (Å²) in [4.78, 5) is 20.5. The van der Waals surface area contributed by atoms with Gasteiger partial charge in [0.1, 0.15) is 23.1 Å². The number of nitrogens with zero attached hydrogens (tertiary/aromatic N) is 3. The third kappa shape index (κ3) is 5.84. The van der Waals surface area contributed by atoms with Crippen molar-refractivity contribution in [3.05, 3.63) is 65.9 Å². The molecule has 2 aromatic carbocycles. The molecule has 0 atom stereocenters. The van der Waals surface area contributed by atoms with Gasteiger partial charge in [0.05, 0.1) is 5.56 Å². The second kappa shape index (κ2) is 9.85. The standard InChI is InChI=1S/C24H20F5N3O3/c25-18-11-15(12-19(26)22(18)32-8-5-14(6-9-32)10-21(33)34)23-30-7-4-20(31-23)35-17-3-1-2-16(13-17)24(27,28)29/h1-4,7,11-14H,5-6,8-10H2,(H,33,34). The number of rotatable bonds is 6. The van der Waals surface area contributed by atoms with Gasteiger partial charge in [0.15, 0.2) is 5.82 Å². The van der Waals surface area contributed by atoms with E-state index in [-0.39, 0.29) is 41.0 Å². The molecule has 184 valence electrons. The Bertz CT molecular complexity index is 1200. The lowest BCUT2D eigenvalue weighted by molar-refractivity contribution is -0.138. The fraction of sp³-hybridized carbons (Fsp3) is 0.292. The zero-order chi connectivity index (χ0) is 25.2. The Kier molecular flexibility index (Phi) is 6.86. The second-order valence-corrected chi connectivity index (χ2v) is 8.16. The van der Waals surface area contributed by atoms with Crippen LogP contribution >= 0.6 is 0 Å². The van der Waals surface area contributed by atoms with Gasteiger partial charge in [-0.25, -0.2) is 13.8 Å². The van der Waals surface area contributed by atoms with E-state index in [4.69, 9.17) is 9.84 Å². The molecule has 1 aromatic heterocycles. The van der Waals surface area contributed by atoms with Gasteiger partial charge < -0.3 is 14.7 Å². The minimum Gasteiger partial charge on any atom is -0.481 e. The number of carbonyl (C=O) groups is 1. The number of aliphatic carboxylic acids is 1. The molecule has 0 unspecified atom stereocenters. The van der Waals surface area contributed by atoms with Crippen LogP contribution in [0.25, 0.3) is 11.4 Å². The van der Waals surface area contributed by atoms with Gasteiger partial charge in [-0.15, -0.1) is 0 Å². The third-order valence-electron chi connectivity index (χ3n) is 5.68. The lowest BCUT2D eigenvalue weighted by Gasteiger charge is -2.33. The maximum absolute atomic E-state index is 14.9. The average Bonchev–Trinajstić information content (AvgIpc) is 2.79. The van der Waals surface area contributed by atoms with E-state index in [9.17, 15) is 26.7 Å². The SMILES string of the molecule is O=C(O)CC1CCN(c2c(F)cc(-c3nccc(Oc4cccc(C(F)(F)F)c4)n3)cc2F)CC1. The highest BCUT2D eigenvalue weighted by Crippen LogP contribution is 2.34. The predicted molar refractivity (Wildman–Crippen MR) is 116 cm³/mol. The first-order valence-corrected chi connectivity index (χ1v) is 10.7. The van der Waals surface area contributed by atoms with E-state index in [1.807, 2.05) is 0 Å². The number of alkyl halides is 3. The average molecular weight is 493 g/mol. The van der Waals surface area contributed by atoms with Crippen molar-refractivity contribution in [2.75, 3.05) is 18.0 Å². The monoisotopic (exact) mass is 493 g/mol. The van der Waals surface area contributed by atoms with Crippen molar-refractivity contribution >= 4 is 11.7 Å². The molecule has 1 saturated heterocycles. The quantitative estimate of drug-likeness (QED) is 0.430. The third-order valence-corrected chi connectivity index (χ3v) is 5.68. The molecule has 0 saturated carbocycles. The highest BCUT2D eigenvalue weighted by atomic mass is 19.4. The van der Waals surface area contributed by atoms with Crippen LogP contribution in [0.15, 0.2) is 48.7 Å². The number of carboxylic acid groups (broad SMARTS) is 1. The first-order valence-electron chi connectivity index (χ1n) is 10.7. The molecule has 0 spiro atoms. The molecule has 0 radical (unpaired) electrons. The van der Waals surface area contributed by atoms with E-state index in [0.717, 1.165) is 24.3 Å². The van der Waals surface area contributed by atoms with Gasteiger partial charge in [0.2, 0.25) is 5.88 Å². The van der Waals surface area contributed by atoms with E-state index in [2.05, 4.69) is 9.97 Å². The molecule has 1 aliphatic rings. The van der Waals surface area contributed by atoms with Crippen LogP contribution in [0.1, 0.15) is 24.8 Å². The number of ether oxygens (including phenoxy) is 1. The van der Waals surface area contributed by atoms with Gasteiger partial charge in [0, 0.05) is 37.3 Å². The van der Waals surface area contributed by atoms with Crippen LogP contribution < -0.4 is 9.64 Å². The molecule has 1 N–H and O–H groups in total. The molecule has 35 heavy (non-hydrogen) atoms. The molecule has 6 nitrogen and oxygen atoms in total. The molecule has 3 aromatic rings. The Morgan fingerprint density at radius 3 is 2.40 bits per heavy atom. The van der Waals surface area contributed by atoms with Gasteiger partial charge in [-0.2, -0.15) is 18.2 Å². The summed E-state index contributed by atoms with van der Waals surface area (Å²) in [7, 11) is 0. The molecule has 1 aliphatic heterocycles. The highest BCUT2D eigenvalue weighted by molar-refractivity contribution is 5.67. The van der Waals surface area contributed by atoms with E-state index in [1.165, 1.54) is 24.4 Å². The summed E-state index contributed by atoms with van der Waals surface area (Å²) < 4.78 is 74.0. The number of piperidine rings is 1. The van der Waals surface area contributed by atoms with Crippen LogP contribution in [0.5, 0.6) is 11.6 Å². The summed E-state index contributed by atoms with van der Waals surface area (Å²) in [6, 6.07) is 7.69. The molecule has 0 bridgehead atoms. The Balaban J connectivity index is 1.53. The summed E-state index contributed by atoms with van der Waals surface area (Å²) in [6.07, 6.45) is -2.25. The summed E-state index contributed by atoms with van der Waals surface area (Å²) >= 11 is 0. The van der Waals surface area contributed by atoms with Crippen LogP contribution in [-0.2, 0) is 11.0 Å². The second-order valence-electron chi connectivity index (χ2n) is 8.16. The van der Waals surface area contributed by atoms with Crippen molar-refractivity contribution in [2.45, 2.75) is 25.4 Å². The minimum absolute atomic E-state index is 0.0218. The zero-order valence-electron chi connectivity index (χ0n) is 18.2. The molecule has 1 fully saturated rings. The minimum atomic E-state index is -4.54. The molecule has 0 aliphatic carbocycles. The van der Waals surface area contributed by atoms with E-state index >= 15 is 0 Å². The molecular formula is C24H20F5N3O3. The number of aromatic nitrogens is 2. The number of anilines is 1. The van der Waals surface area contributed by atoms with Crippen LogP contribution in [0, 0.1) is 17.6 Å². The summed E-state index contributed by atoms with van der Waals surface area (Å²) in [6.45, 7) is 0.643.